The number of piperazine rings is 1. The summed E-state index contributed by atoms with van der Waals surface area (Å²) in [5.41, 5.74) is 0.688. The molecule has 0 bridgehead atoms. The van der Waals surface area contributed by atoms with Crippen molar-refractivity contribution < 1.29 is 4.79 Å². The van der Waals surface area contributed by atoms with Gasteiger partial charge < -0.3 is 4.90 Å². The molecule has 0 aliphatic carbocycles. The van der Waals surface area contributed by atoms with E-state index in [2.05, 4.69) is 4.90 Å². The number of aromatic nitrogens is 2. The minimum atomic E-state index is -0.249. The summed E-state index contributed by atoms with van der Waals surface area (Å²) in [5.74, 6) is 0.104. The van der Waals surface area contributed by atoms with E-state index in [1.807, 2.05) is 35.2 Å². The van der Waals surface area contributed by atoms with E-state index in [9.17, 15) is 14.4 Å². The first-order valence-electron chi connectivity index (χ1n) is 8.37. The Morgan fingerprint density at radius 2 is 1.72 bits per heavy atom. The maximum atomic E-state index is 12.5. The van der Waals surface area contributed by atoms with E-state index in [-0.39, 0.29) is 16.5 Å². The molecular formula is C17H22N4O3S. The van der Waals surface area contributed by atoms with Crippen LogP contribution in [0.15, 0.2) is 39.9 Å². The highest BCUT2D eigenvalue weighted by molar-refractivity contribution is 7.03. The van der Waals surface area contributed by atoms with Crippen LogP contribution in [0, 0.1) is 0 Å². The molecule has 1 saturated heterocycles. The van der Waals surface area contributed by atoms with E-state index in [1.54, 1.807) is 6.92 Å². The molecule has 1 aliphatic rings. The first-order chi connectivity index (χ1) is 12.0. The third-order valence-electron chi connectivity index (χ3n) is 4.47. The number of amides is 1. The van der Waals surface area contributed by atoms with Crippen LogP contribution in [0.3, 0.4) is 0 Å². The molecule has 1 aliphatic heterocycles. The Hall–Kier alpha value is -2.19. The zero-order valence-electron chi connectivity index (χ0n) is 14.3. The van der Waals surface area contributed by atoms with Crippen molar-refractivity contribution in [3.8, 4) is 0 Å². The summed E-state index contributed by atoms with van der Waals surface area (Å²) in [5, 5.41) is 0. The molecule has 1 aromatic carbocycles. The monoisotopic (exact) mass is 362 g/mol. The second-order valence-electron chi connectivity index (χ2n) is 6.16. The lowest BCUT2D eigenvalue weighted by molar-refractivity contribution is -0.130. The third-order valence-corrected chi connectivity index (χ3v) is 5.41. The highest BCUT2D eigenvalue weighted by Crippen LogP contribution is 2.03. The Morgan fingerprint density at radius 1 is 1.04 bits per heavy atom. The van der Waals surface area contributed by atoms with Gasteiger partial charge in [0.25, 0.3) is 0 Å². The Balaban J connectivity index is 1.61. The molecular weight excluding hydrogens is 340 g/mol. The summed E-state index contributed by atoms with van der Waals surface area (Å²) in [6.45, 7) is 6.13. The predicted octanol–water partition coefficient (Wildman–Crippen LogP) is 0.284. The summed E-state index contributed by atoms with van der Waals surface area (Å²) in [6, 6.07) is 9.51. The lowest BCUT2D eigenvalue weighted by atomic mass is 10.2. The fourth-order valence-electron chi connectivity index (χ4n) is 2.95. The molecule has 8 heteroatoms. The van der Waals surface area contributed by atoms with Crippen molar-refractivity contribution in [3.63, 3.8) is 0 Å². The number of hydrogen-bond acceptors (Lipinski definition) is 5. The fraction of sp³-hybridized carbons (Fsp3) is 0.471. The fourth-order valence-corrected chi connectivity index (χ4v) is 3.73. The van der Waals surface area contributed by atoms with Gasteiger partial charge >= 0.3 is 10.6 Å². The van der Waals surface area contributed by atoms with E-state index >= 15 is 0 Å². The van der Waals surface area contributed by atoms with Crippen molar-refractivity contribution in [1.82, 2.24) is 18.3 Å². The van der Waals surface area contributed by atoms with Crippen LogP contribution in [-0.2, 0) is 17.9 Å². The smallest absolute Gasteiger partial charge is 0.340 e. The van der Waals surface area contributed by atoms with Gasteiger partial charge in [0, 0.05) is 51.2 Å². The molecule has 134 valence electrons. The second kappa shape index (κ2) is 7.79. The first-order valence-corrected chi connectivity index (χ1v) is 9.14. The standard InChI is InChI=1S/C17H22N4O3S/c1-14(22)19-10-7-18(8-11-19)9-12-21-16(23)20(17(24)25-21)13-15-5-3-2-4-6-15/h2-6H,7-13H2,1H3. The Labute approximate surface area is 149 Å². The maximum Gasteiger partial charge on any atom is 0.341 e. The number of carbonyl (C=O) groups is 1. The Morgan fingerprint density at radius 3 is 2.36 bits per heavy atom. The van der Waals surface area contributed by atoms with E-state index in [0.29, 0.717) is 19.6 Å². The topological polar surface area (TPSA) is 67.6 Å². The third kappa shape index (κ3) is 4.26. The Kier molecular flexibility index (Phi) is 5.50. The van der Waals surface area contributed by atoms with Gasteiger partial charge in [-0.1, -0.05) is 30.3 Å². The van der Waals surface area contributed by atoms with Gasteiger partial charge in [-0.2, -0.15) is 0 Å². The molecule has 0 spiro atoms. The average molecular weight is 362 g/mol. The van der Waals surface area contributed by atoms with Gasteiger partial charge in [-0.3, -0.25) is 14.5 Å². The van der Waals surface area contributed by atoms with Crippen molar-refractivity contribution in [2.24, 2.45) is 0 Å². The van der Waals surface area contributed by atoms with Crippen LogP contribution in [0.5, 0.6) is 0 Å². The van der Waals surface area contributed by atoms with Crippen molar-refractivity contribution in [2.75, 3.05) is 32.7 Å². The molecule has 7 nitrogen and oxygen atoms in total. The molecule has 0 unspecified atom stereocenters. The van der Waals surface area contributed by atoms with Crippen LogP contribution < -0.4 is 10.6 Å². The van der Waals surface area contributed by atoms with Crippen LogP contribution in [0.25, 0.3) is 0 Å². The lowest BCUT2D eigenvalue weighted by Crippen LogP contribution is -2.48. The molecule has 0 N–H and O–H groups in total. The molecule has 0 atom stereocenters. The second-order valence-corrected chi connectivity index (χ2v) is 7.13. The molecule has 0 radical (unpaired) electrons. The van der Waals surface area contributed by atoms with E-state index in [4.69, 9.17) is 0 Å². The van der Waals surface area contributed by atoms with Gasteiger partial charge in [0.05, 0.1) is 13.1 Å². The molecule has 1 aromatic heterocycles. The SMILES string of the molecule is CC(=O)N1CCN(CCn2sc(=O)n(Cc3ccccc3)c2=O)CC1. The lowest BCUT2D eigenvalue weighted by Gasteiger charge is -2.34. The number of hydrogen-bond donors (Lipinski definition) is 0. The quantitative estimate of drug-likeness (QED) is 0.766. The van der Waals surface area contributed by atoms with Crippen LogP contribution in [0.1, 0.15) is 12.5 Å². The highest BCUT2D eigenvalue weighted by atomic mass is 32.1. The maximum absolute atomic E-state index is 12.5. The normalized spacial score (nSPS) is 15.5. The molecule has 3 rings (SSSR count). The number of benzene rings is 1. The zero-order chi connectivity index (χ0) is 17.8. The minimum Gasteiger partial charge on any atom is -0.340 e. The van der Waals surface area contributed by atoms with Gasteiger partial charge in [-0.25, -0.2) is 13.3 Å². The predicted molar refractivity (Wildman–Crippen MR) is 97.1 cm³/mol. The van der Waals surface area contributed by atoms with Gasteiger partial charge in [0.2, 0.25) is 5.91 Å². The molecule has 0 saturated carbocycles. The van der Waals surface area contributed by atoms with Gasteiger partial charge in [0.1, 0.15) is 0 Å². The summed E-state index contributed by atoms with van der Waals surface area (Å²) in [4.78, 5) is 39.8. The van der Waals surface area contributed by atoms with Crippen LogP contribution in [0.2, 0.25) is 0 Å². The summed E-state index contributed by atoms with van der Waals surface area (Å²) >= 11 is 0.975. The zero-order valence-corrected chi connectivity index (χ0v) is 15.1. The van der Waals surface area contributed by atoms with E-state index in [0.717, 1.165) is 43.3 Å². The van der Waals surface area contributed by atoms with Gasteiger partial charge in [-0.15, -0.1) is 0 Å². The van der Waals surface area contributed by atoms with Crippen molar-refractivity contribution in [1.29, 1.82) is 0 Å². The van der Waals surface area contributed by atoms with Crippen molar-refractivity contribution >= 4 is 17.4 Å². The average Bonchev–Trinajstić information content (AvgIpc) is 2.89. The van der Waals surface area contributed by atoms with Gasteiger partial charge in [0.15, 0.2) is 0 Å². The molecule has 2 heterocycles. The summed E-state index contributed by atoms with van der Waals surface area (Å²) in [7, 11) is 0. The summed E-state index contributed by atoms with van der Waals surface area (Å²) in [6.07, 6.45) is 0. The van der Waals surface area contributed by atoms with Crippen LogP contribution in [-0.4, -0.2) is 57.0 Å². The van der Waals surface area contributed by atoms with Gasteiger partial charge in [-0.05, 0) is 5.56 Å². The molecule has 1 fully saturated rings. The molecule has 1 amide bonds. The highest BCUT2D eigenvalue weighted by Gasteiger charge is 2.19. The van der Waals surface area contributed by atoms with E-state index < -0.39 is 0 Å². The van der Waals surface area contributed by atoms with Crippen molar-refractivity contribution in [3.05, 3.63) is 56.0 Å². The number of carbonyl (C=O) groups excluding carboxylic acids is 1. The number of rotatable bonds is 5. The number of nitrogens with zero attached hydrogens (tertiary/aromatic N) is 4. The van der Waals surface area contributed by atoms with Crippen molar-refractivity contribution in [2.45, 2.75) is 20.0 Å². The van der Waals surface area contributed by atoms with E-state index in [1.165, 1.54) is 8.52 Å². The van der Waals surface area contributed by atoms with Crippen LogP contribution in [0.4, 0.5) is 0 Å². The molecule has 2 aromatic rings. The Bertz CT molecular complexity index is 832. The summed E-state index contributed by atoms with van der Waals surface area (Å²) < 4.78 is 2.82. The van der Waals surface area contributed by atoms with Crippen LogP contribution >= 0.6 is 11.5 Å². The largest absolute Gasteiger partial charge is 0.341 e. The minimum absolute atomic E-state index is 0.104. The first kappa shape index (κ1) is 17.6. The molecule has 25 heavy (non-hydrogen) atoms.